The minimum atomic E-state index is -0.0435. The number of methoxy groups -OCH3 is 1. The highest BCUT2D eigenvalue weighted by Gasteiger charge is 2.33. The maximum absolute atomic E-state index is 13.4. The van der Waals surface area contributed by atoms with E-state index in [0.29, 0.717) is 6.42 Å². The fourth-order valence-corrected chi connectivity index (χ4v) is 4.69. The highest BCUT2D eigenvalue weighted by Crippen LogP contribution is 2.37. The molecule has 3 aromatic rings. The number of rotatable bonds is 7. The van der Waals surface area contributed by atoms with E-state index in [0.717, 1.165) is 77.3 Å². The van der Waals surface area contributed by atoms with Gasteiger partial charge < -0.3 is 9.64 Å². The van der Waals surface area contributed by atoms with Gasteiger partial charge in [0.1, 0.15) is 11.6 Å². The molecule has 0 saturated carbocycles. The number of nitrogens with zero attached hydrogens (tertiary/aromatic N) is 4. The third-order valence-corrected chi connectivity index (χ3v) is 6.36. The minimum Gasteiger partial charge on any atom is -0.496 e. The molecule has 6 heteroatoms. The molecule has 1 aliphatic heterocycles. The minimum absolute atomic E-state index is 0.0435. The van der Waals surface area contributed by atoms with Gasteiger partial charge in [0.2, 0.25) is 5.91 Å². The fourth-order valence-electron chi connectivity index (χ4n) is 4.69. The monoisotopic (exact) mass is 444 g/mol. The number of ether oxygens (including phenoxy) is 1. The largest absolute Gasteiger partial charge is 0.496 e. The zero-order valence-electron chi connectivity index (χ0n) is 20.0. The first kappa shape index (κ1) is 22.9. The Labute approximate surface area is 196 Å². The van der Waals surface area contributed by atoms with Crippen LogP contribution in [-0.4, -0.2) is 39.4 Å². The summed E-state index contributed by atoms with van der Waals surface area (Å²) in [5.41, 5.74) is 6.15. The van der Waals surface area contributed by atoms with Crippen LogP contribution in [0.1, 0.15) is 60.4 Å². The van der Waals surface area contributed by atoms with E-state index in [4.69, 9.17) is 9.72 Å². The molecule has 2 aromatic heterocycles. The first-order valence-electron chi connectivity index (χ1n) is 11.7. The summed E-state index contributed by atoms with van der Waals surface area (Å²) in [6.45, 7) is 6.94. The summed E-state index contributed by atoms with van der Waals surface area (Å²) in [6.07, 6.45) is 9.66. The van der Waals surface area contributed by atoms with Crippen LogP contribution < -0.4 is 4.74 Å². The summed E-state index contributed by atoms with van der Waals surface area (Å²) in [5.74, 6) is 1.82. The van der Waals surface area contributed by atoms with Gasteiger partial charge in [-0.05, 0) is 67.5 Å². The smallest absolute Gasteiger partial charge is 0.227 e. The maximum Gasteiger partial charge on any atom is 0.227 e. The Balaban J connectivity index is 1.67. The summed E-state index contributed by atoms with van der Waals surface area (Å²) in [6, 6.07) is 7.92. The maximum atomic E-state index is 13.4. The Hall–Kier alpha value is -3.28. The second-order valence-electron chi connectivity index (χ2n) is 8.75. The van der Waals surface area contributed by atoms with Crippen LogP contribution in [0, 0.1) is 13.8 Å². The molecule has 1 unspecified atom stereocenters. The van der Waals surface area contributed by atoms with Gasteiger partial charge in [0.05, 0.1) is 25.3 Å². The van der Waals surface area contributed by atoms with Gasteiger partial charge in [-0.25, -0.2) is 9.97 Å². The number of amides is 1. The third kappa shape index (κ3) is 4.90. The number of aryl methyl sites for hydroxylation is 3. The topological polar surface area (TPSA) is 68.2 Å². The van der Waals surface area contributed by atoms with Crippen LogP contribution in [0.2, 0.25) is 0 Å². The summed E-state index contributed by atoms with van der Waals surface area (Å²) in [7, 11) is 1.67. The van der Waals surface area contributed by atoms with Crippen LogP contribution in [0.4, 0.5) is 0 Å². The van der Waals surface area contributed by atoms with Crippen LogP contribution in [0.3, 0.4) is 0 Å². The SMILES string of the molecule is CCCc1ncc(-c2ccncc2C)c(C2CCCN2C(=O)Cc2ccc(OC)c(C)c2)n1. The van der Waals surface area contributed by atoms with Crippen molar-refractivity contribution < 1.29 is 9.53 Å². The molecule has 1 saturated heterocycles. The van der Waals surface area contributed by atoms with Gasteiger partial charge in [-0.3, -0.25) is 9.78 Å². The van der Waals surface area contributed by atoms with Crippen molar-refractivity contribution in [3.63, 3.8) is 0 Å². The second kappa shape index (κ2) is 10.1. The Morgan fingerprint density at radius 1 is 1.15 bits per heavy atom. The van der Waals surface area contributed by atoms with Crippen molar-refractivity contribution in [3.8, 4) is 16.9 Å². The molecule has 1 aromatic carbocycles. The zero-order chi connectivity index (χ0) is 23.4. The van der Waals surface area contributed by atoms with Crippen molar-refractivity contribution in [1.29, 1.82) is 0 Å². The van der Waals surface area contributed by atoms with Crippen molar-refractivity contribution in [3.05, 3.63) is 71.1 Å². The molecule has 0 aliphatic carbocycles. The molecule has 3 heterocycles. The Bertz CT molecular complexity index is 1140. The average molecular weight is 445 g/mol. The molecule has 33 heavy (non-hydrogen) atoms. The normalized spacial score (nSPS) is 15.6. The quantitative estimate of drug-likeness (QED) is 0.512. The van der Waals surface area contributed by atoms with E-state index in [9.17, 15) is 4.79 Å². The number of hydrogen-bond donors (Lipinski definition) is 0. The molecule has 1 amide bonds. The molecule has 0 radical (unpaired) electrons. The van der Waals surface area contributed by atoms with Crippen molar-refractivity contribution >= 4 is 5.91 Å². The number of carbonyl (C=O) groups excluding carboxylic acids is 1. The van der Waals surface area contributed by atoms with Crippen molar-refractivity contribution in [2.75, 3.05) is 13.7 Å². The van der Waals surface area contributed by atoms with Crippen LogP contribution in [0.15, 0.2) is 42.9 Å². The van der Waals surface area contributed by atoms with Gasteiger partial charge in [-0.15, -0.1) is 0 Å². The molecule has 0 N–H and O–H groups in total. The van der Waals surface area contributed by atoms with E-state index in [1.165, 1.54) is 0 Å². The Morgan fingerprint density at radius 2 is 2.00 bits per heavy atom. The summed E-state index contributed by atoms with van der Waals surface area (Å²) in [5, 5.41) is 0. The third-order valence-electron chi connectivity index (χ3n) is 6.36. The van der Waals surface area contributed by atoms with Gasteiger partial charge in [-0.2, -0.15) is 0 Å². The Kier molecular flexibility index (Phi) is 7.02. The number of likely N-dealkylation sites (tertiary alicyclic amines) is 1. The first-order valence-corrected chi connectivity index (χ1v) is 11.7. The van der Waals surface area contributed by atoms with E-state index in [2.05, 4.69) is 23.8 Å². The van der Waals surface area contributed by atoms with Gasteiger partial charge in [0.15, 0.2) is 0 Å². The highest BCUT2D eigenvalue weighted by atomic mass is 16.5. The summed E-state index contributed by atoms with van der Waals surface area (Å²) >= 11 is 0. The molecule has 172 valence electrons. The van der Waals surface area contributed by atoms with Crippen LogP contribution in [0.25, 0.3) is 11.1 Å². The van der Waals surface area contributed by atoms with Gasteiger partial charge in [-0.1, -0.05) is 19.1 Å². The van der Waals surface area contributed by atoms with Gasteiger partial charge in [0.25, 0.3) is 0 Å². The molecular formula is C27H32N4O2. The lowest BCUT2D eigenvalue weighted by Gasteiger charge is -2.27. The number of carbonyl (C=O) groups is 1. The molecule has 0 spiro atoms. The van der Waals surface area contributed by atoms with E-state index < -0.39 is 0 Å². The number of aromatic nitrogens is 3. The van der Waals surface area contributed by atoms with Crippen molar-refractivity contribution in [1.82, 2.24) is 19.9 Å². The van der Waals surface area contributed by atoms with Gasteiger partial charge >= 0.3 is 0 Å². The van der Waals surface area contributed by atoms with Crippen LogP contribution >= 0.6 is 0 Å². The zero-order valence-corrected chi connectivity index (χ0v) is 20.0. The predicted octanol–water partition coefficient (Wildman–Crippen LogP) is 5.02. The lowest BCUT2D eigenvalue weighted by Crippen LogP contribution is -2.32. The van der Waals surface area contributed by atoms with E-state index in [1.807, 2.05) is 48.5 Å². The molecule has 6 nitrogen and oxygen atoms in total. The molecule has 1 fully saturated rings. The molecule has 0 bridgehead atoms. The van der Waals surface area contributed by atoms with Crippen LogP contribution in [0.5, 0.6) is 5.75 Å². The number of benzene rings is 1. The number of hydrogen-bond acceptors (Lipinski definition) is 5. The number of pyridine rings is 1. The highest BCUT2D eigenvalue weighted by molar-refractivity contribution is 5.80. The summed E-state index contributed by atoms with van der Waals surface area (Å²) < 4.78 is 5.36. The molecule has 1 aliphatic rings. The first-order chi connectivity index (χ1) is 16.0. The Morgan fingerprint density at radius 3 is 2.73 bits per heavy atom. The molecular weight excluding hydrogens is 412 g/mol. The fraction of sp³-hybridized carbons (Fsp3) is 0.407. The van der Waals surface area contributed by atoms with Crippen molar-refractivity contribution in [2.45, 2.75) is 58.9 Å². The van der Waals surface area contributed by atoms with E-state index in [-0.39, 0.29) is 11.9 Å². The molecule has 4 rings (SSSR count). The standard InChI is InChI=1S/C27H32N4O2/c1-5-7-25-29-17-22(21-11-12-28-16-19(21)3)27(30-25)23-8-6-13-31(23)26(32)15-20-9-10-24(33-4)18(2)14-20/h9-12,14,16-17,23H,5-8,13,15H2,1-4H3. The van der Waals surface area contributed by atoms with Crippen molar-refractivity contribution in [2.24, 2.45) is 0 Å². The predicted molar refractivity (Wildman–Crippen MR) is 129 cm³/mol. The van der Waals surface area contributed by atoms with E-state index in [1.54, 1.807) is 13.3 Å². The average Bonchev–Trinajstić information content (AvgIpc) is 3.30. The van der Waals surface area contributed by atoms with Crippen LogP contribution in [-0.2, 0) is 17.6 Å². The van der Waals surface area contributed by atoms with E-state index >= 15 is 0 Å². The van der Waals surface area contributed by atoms with Gasteiger partial charge in [0, 0.05) is 37.1 Å². The second-order valence-corrected chi connectivity index (χ2v) is 8.75. The molecule has 1 atom stereocenters. The lowest BCUT2D eigenvalue weighted by molar-refractivity contribution is -0.131. The lowest BCUT2D eigenvalue weighted by atomic mass is 9.97. The summed E-state index contributed by atoms with van der Waals surface area (Å²) in [4.78, 5) is 29.3.